The topological polar surface area (TPSA) is 73.8 Å². The number of hydrogen-bond acceptors (Lipinski definition) is 3. The van der Waals surface area contributed by atoms with Crippen molar-refractivity contribution in [1.82, 2.24) is 15.0 Å². The van der Waals surface area contributed by atoms with E-state index in [1.807, 2.05) is 30.3 Å². The van der Waals surface area contributed by atoms with Crippen LogP contribution in [0.1, 0.15) is 6.42 Å². The summed E-state index contributed by atoms with van der Waals surface area (Å²) in [5, 5.41) is 7.95. The summed E-state index contributed by atoms with van der Waals surface area (Å²) in [6, 6.07) is 9.75. The highest BCUT2D eigenvalue weighted by Crippen LogP contribution is 2.14. The maximum atomic E-state index is 10.6. The monoisotopic (exact) mass is 216 g/mol. The van der Waals surface area contributed by atoms with Crippen molar-refractivity contribution >= 4 is 5.91 Å². The van der Waals surface area contributed by atoms with E-state index < -0.39 is 0 Å². The van der Waals surface area contributed by atoms with Gasteiger partial charge < -0.3 is 5.73 Å². The molecular formula is C11H12N4O. The molecule has 1 amide bonds. The van der Waals surface area contributed by atoms with Crippen LogP contribution < -0.4 is 5.73 Å². The van der Waals surface area contributed by atoms with Crippen LogP contribution in [0.3, 0.4) is 0 Å². The minimum absolute atomic E-state index is 0.275. The number of hydrogen-bond donors (Lipinski definition) is 1. The number of nitrogens with two attached hydrogens (primary N) is 1. The van der Waals surface area contributed by atoms with Gasteiger partial charge in [0.2, 0.25) is 5.91 Å². The van der Waals surface area contributed by atoms with Gasteiger partial charge in [0.15, 0.2) is 0 Å². The number of nitrogens with zero attached hydrogens (tertiary/aromatic N) is 3. The van der Waals surface area contributed by atoms with Gasteiger partial charge in [-0.05, 0) is 0 Å². The second-order valence-corrected chi connectivity index (χ2v) is 3.45. The molecule has 5 heteroatoms. The number of benzene rings is 1. The average Bonchev–Trinajstić information content (AvgIpc) is 2.76. The van der Waals surface area contributed by atoms with Crippen LogP contribution in [-0.4, -0.2) is 20.9 Å². The fourth-order valence-corrected chi connectivity index (χ4v) is 1.37. The van der Waals surface area contributed by atoms with Crippen molar-refractivity contribution < 1.29 is 4.79 Å². The molecule has 0 radical (unpaired) electrons. The zero-order valence-corrected chi connectivity index (χ0v) is 8.71. The summed E-state index contributed by atoms with van der Waals surface area (Å²) in [4.78, 5) is 10.6. The second kappa shape index (κ2) is 4.57. The molecule has 0 fully saturated rings. The molecular weight excluding hydrogens is 204 g/mol. The predicted octanol–water partition coefficient (Wildman–Crippen LogP) is 0.820. The molecule has 0 aliphatic carbocycles. The summed E-state index contributed by atoms with van der Waals surface area (Å²) in [5.74, 6) is -0.336. The lowest BCUT2D eigenvalue weighted by molar-refractivity contribution is -0.118. The smallest absolute Gasteiger partial charge is 0.219 e. The molecule has 5 nitrogen and oxygen atoms in total. The van der Waals surface area contributed by atoms with Gasteiger partial charge in [-0.3, -0.25) is 9.48 Å². The average molecular weight is 216 g/mol. The molecule has 82 valence electrons. The number of amides is 1. The molecule has 0 spiro atoms. The third kappa shape index (κ3) is 2.44. The minimum Gasteiger partial charge on any atom is -0.370 e. The molecule has 0 aliphatic heterocycles. The van der Waals surface area contributed by atoms with E-state index in [1.165, 1.54) is 0 Å². The summed E-state index contributed by atoms with van der Waals surface area (Å²) in [7, 11) is 0. The molecule has 0 atom stereocenters. The third-order valence-corrected chi connectivity index (χ3v) is 2.20. The van der Waals surface area contributed by atoms with Crippen molar-refractivity contribution in [2.45, 2.75) is 13.0 Å². The first-order valence-corrected chi connectivity index (χ1v) is 4.99. The van der Waals surface area contributed by atoms with Crippen molar-refractivity contribution in [3.8, 4) is 11.3 Å². The van der Waals surface area contributed by atoms with Crippen LogP contribution in [0, 0.1) is 0 Å². The van der Waals surface area contributed by atoms with Gasteiger partial charge in [0.05, 0.1) is 12.7 Å². The summed E-state index contributed by atoms with van der Waals surface area (Å²) in [6.45, 7) is 0.467. The Morgan fingerprint density at radius 1 is 1.31 bits per heavy atom. The predicted molar refractivity (Wildman–Crippen MR) is 59.3 cm³/mol. The van der Waals surface area contributed by atoms with Crippen molar-refractivity contribution in [3.05, 3.63) is 36.5 Å². The lowest BCUT2D eigenvalue weighted by Crippen LogP contribution is -2.14. The van der Waals surface area contributed by atoms with Gasteiger partial charge in [0.25, 0.3) is 0 Å². The van der Waals surface area contributed by atoms with Crippen molar-refractivity contribution in [3.63, 3.8) is 0 Å². The highest BCUT2D eigenvalue weighted by Gasteiger charge is 2.03. The van der Waals surface area contributed by atoms with E-state index in [9.17, 15) is 4.79 Å². The van der Waals surface area contributed by atoms with Crippen LogP contribution in [0.25, 0.3) is 11.3 Å². The summed E-state index contributed by atoms with van der Waals surface area (Å²) in [5.41, 5.74) is 6.86. The normalized spacial score (nSPS) is 10.2. The molecule has 1 aromatic carbocycles. The van der Waals surface area contributed by atoms with Crippen molar-refractivity contribution in [2.24, 2.45) is 5.73 Å². The Hall–Kier alpha value is -2.17. The Bertz CT molecular complexity index is 478. The fraction of sp³-hybridized carbons (Fsp3) is 0.182. The van der Waals surface area contributed by atoms with Gasteiger partial charge in [-0.1, -0.05) is 35.5 Å². The Kier molecular flexibility index (Phi) is 2.95. The molecule has 0 saturated carbocycles. The molecule has 1 aromatic heterocycles. The molecule has 0 aliphatic rings. The lowest BCUT2D eigenvalue weighted by atomic mass is 10.2. The molecule has 0 bridgehead atoms. The SMILES string of the molecule is NC(=O)CCn1cc(-c2ccccc2)nn1. The number of carbonyl (C=O) groups excluding carboxylic acids is 1. The number of rotatable bonds is 4. The first-order chi connectivity index (χ1) is 7.75. The lowest BCUT2D eigenvalue weighted by Gasteiger charge is -1.95. The number of aryl methyl sites for hydroxylation is 1. The zero-order valence-electron chi connectivity index (χ0n) is 8.71. The van der Waals surface area contributed by atoms with E-state index in [0.29, 0.717) is 6.54 Å². The van der Waals surface area contributed by atoms with Crippen LogP contribution in [0.2, 0.25) is 0 Å². The van der Waals surface area contributed by atoms with Crippen LogP contribution >= 0.6 is 0 Å². The molecule has 0 saturated heterocycles. The molecule has 2 aromatic rings. The maximum Gasteiger partial charge on any atom is 0.219 e. The Labute approximate surface area is 92.9 Å². The van der Waals surface area contributed by atoms with Gasteiger partial charge in [0.1, 0.15) is 5.69 Å². The van der Waals surface area contributed by atoms with Gasteiger partial charge in [-0.2, -0.15) is 0 Å². The van der Waals surface area contributed by atoms with E-state index in [0.717, 1.165) is 11.3 Å². The molecule has 1 heterocycles. The Balaban J connectivity index is 2.11. The van der Waals surface area contributed by atoms with Gasteiger partial charge >= 0.3 is 0 Å². The van der Waals surface area contributed by atoms with Gasteiger partial charge in [-0.15, -0.1) is 5.10 Å². The zero-order chi connectivity index (χ0) is 11.4. The fourth-order valence-electron chi connectivity index (χ4n) is 1.37. The van der Waals surface area contributed by atoms with Crippen LogP contribution in [0.15, 0.2) is 36.5 Å². The maximum absolute atomic E-state index is 10.6. The van der Waals surface area contributed by atoms with Gasteiger partial charge in [0, 0.05) is 12.0 Å². The van der Waals surface area contributed by atoms with E-state index in [-0.39, 0.29) is 12.3 Å². The number of primary amides is 1. The second-order valence-electron chi connectivity index (χ2n) is 3.45. The Morgan fingerprint density at radius 2 is 2.06 bits per heavy atom. The van der Waals surface area contributed by atoms with Crippen LogP contribution in [-0.2, 0) is 11.3 Å². The first-order valence-electron chi connectivity index (χ1n) is 4.99. The summed E-state index contributed by atoms with van der Waals surface area (Å²) < 4.78 is 1.62. The summed E-state index contributed by atoms with van der Waals surface area (Å²) in [6.07, 6.45) is 2.08. The van der Waals surface area contributed by atoms with Crippen molar-refractivity contribution in [2.75, 3.05) is 0 Å². The molecule has 0 unspecified atom stereocenters. The summed E-state index contributed by atoms with van der Waals surface area (Å²) >= 11 is 0. The third-order valence-electron chi connectivity index (χ3n) is 2.20. The highest BCUT2D eigenvalue weighted by atomic mass is 16.1. The van der Waals surface area contributed by atoms with Gasteiger partial charge in [-0.25, -0.2) is 0 Å². The molecule has 16 heavy (non-hydrogen) atoms. The largest absolute Gasteiger partial charge is 0.370 e. The standard InChI is InChI=1S/C11H12N4O/c12-11(16)6-7-15-8-10(13-14-15)9-4-2-1-3-5-9/h1-5,8H,6-7H2,(H2,12,16). The first kappa shape index (κ1) is 10.4. The minimum atomic E-state index is -0.336. The van der Waals surface area contributed by atoms with Crippen LogP contribution in [0.5, 0.6) is 0 Å². The van der Waals surface area contributed by atoms with E-state index >= 15 is 0 Å². The Morgan fingerprint density at radius 3 is 2.75 bits per heavy atom. The van der Waals surface area contributed by atoms with E-state index in [2.05, 4.69) is 10.3 Å². The number of carbonyl (C=O) groups is 1. The van der Waals surface area contributed by atoms with Crippen molar-refractivity contribution in [1.29, 1.82) is 0 Å². The molecule has 2 rings (SSSR count). The van der Waals surface area contributed by atoms with E-state index in [4.69, 9.17) is 5.73 Å². The molecule has 2 N–H and O–H groups in total. The van der Waals surface area contributed by atoms with E-state index in [1.54, 1.807) is 10.9 Å². The quantitative estimate of drug-likeness (QED) is 0.822. The number of aromatic nitrogens is 3. The van der Waals surface area contributed by atoms with Crippen LogP contribution in [0.4, 0.5) is 0 Å². The highest BCUT2D eigenvalue weighted by molar-refractivity contribution is 5.73.